The van der Waals surface area contributed by atoms with E-state index in [4.69, 9.17) is 5.73 Å². The van der Waals surface area contributed by atoms with E-state index in [9.17, 15) is 18.4 Å². The molecule has 0 fully saturated rings. The van der Waals surface area contributed by atoms with Gasteiger partial charge >= 0.3 is 0 Å². The number of anilines is 1. The number of thioether (sulfide) groups is 1. The van der Waals surface area contributed by atoms with E-state index in [2.05, 4.69) is 5.32 Å². The molecule has 0 aromatic heterocycles. The molecule has 2 aromatic rings. The van der Waals surface area contributed by atoms with Crippen LogP contribution < -0.4 is 11.1 Å². The monoisotopic (exact) mass is 336 g/mol. The molecule has 0 saturated heterocycles. The number of carbonyl (C=O) groups is 2. The summed E-state index contributed by atoms with van der Waals surface area (Å²) >= 11 is 1.23. The molecule has 0 radical (unpaired) electrons. The van der Waals surface area contributed by atoms with Crippen LogP contribution in [0.15, 0.2) is 47.4 Å². The average molecular weight is 336 g/mol. The van der Waals surface area contributed by atoms with Crippen LogP contribution in [0.4, 0.5) is 14.5 Å². The van der Waals surface area contributed by atoms with Crippen molar-refractivity contribution in [2.45, 2.75) is 11.3 Å². The minimum atomic E-state index is -0.921. The maximum atomic E-state index is 13.1. The lowest BCUT2D eigenvalue weighted by Gasteiger charge is -2.08. The zero-order chi connectivity index (χ0) is 16.8. The largest absolute Gasteiger partial charge is 0.366 e. The standard InChI is InChI=1S/C16H14F2N2O2S/c17-12-6-5-10(9-13(12)18)23-8-7-15(21)20-14-4-2-1-3-11(14)16(19)22/h1-6,9H,7-8H2,(H2,19,22)(H,20,21). The molecule has 0 heterocycles. The van der Waals surface area contributed by atoms with E-state index >= 15 is 0 Å². The molecular weight excluding hydrogens is 322 g/mol. The maximum absolute atomic E-state index is 13.1. The van der Waals surface area contributed by atoms with Crippen LogP contribution in [0.2, 0.25) is 0 Å². The summed E-state index contributed by atoms with van der Waals surface area (Å²) < 4.78 is 25.9. The number of carbonyl (C=O) groups excluding carboxylic acids is 2. The normalized spacial score (nSPS) is 10.3. The number of primary amides is 1. The molecule has 0 aliphatic rings. The lowest BCUT2D eigenvalue weighted by Crippen LogP contribution is -2.18. The second kappa shape index (κ2) is 7.73. The molecule has 0 spiro atoms. The van der Waals surface area contributed by atoms with Crippen LogP contribution in [0.25, 0.3) is 0 Å². The van der Waals surface area contributed by atoms with E-state index in [-0.39, 0.29) is 17.9 Å². The third-order valence-electron chi connectivity index (χ3n) is 2.96. The van der Waals surface area contributed by atoms with Crippen molar-refractivity contribution in [3.8, 4) is 0 Å². The zero-order valence-corrected chi connectivity index (χ0v) is 12.8. The Bertz CT molecular complexity index is 738. The summed E-state index contributed by atoms with van der Waals surface area (Å²) in [5, 5.41) is 2.61. The molecular formula is C16H14F2N2O2S. The fourth-order valence-electron chi connectivity index (χ4n) is 1.85. The average Bonchev–Trinajstić information content (AvgIpc) is 2.51. The number of amides is 2. The fraction of sp³-hybridized carbons (Fsp3) is 0.125. The van der Waals surface area contributed by atoms with Crippen molar-refractivity contribution in [3.63, 3.8) is 0 Å². The van der Waals surface area contributed by atoms with Gasteiger partial charge in [0.05, 0.1) is 11.3 Å². The number of halogens is 2. The summed E-state index contributed by atoms with van der Waals surface area (Å²) in [6.07, 6.45) is 0.150. The molecule has 120 valence electrons. The van der Waals surface area contributed by atoms with Crippen molar-refractivity contribution < 1.29 is 18.4 Å². The van der Waals surface area contributed by atoms with Gasteiger partial charge in [0.1, 0.15) is 0 Å². The molecule has 4 nitrogen and oxygen atoms in total. The number of nitrogens with one attached hydrogen (secondary N) is 1. The Labute approximate surface area is 136 Å². The van der Waals surface area contributed by atoms with Crippen molar-refractivity contribution in [2.24, 2.45) is 5.73 Å². The first-order valence-electron chi connectivity index (χ1n) is 6.74. The summed E-state index contributed by atoms with van der Waals surface area (Å²) in [6.45, 7) is 0. The lowest BCUT2D eigenvalue weighted by molar-refractivity contribution is -0.115. The van der Waals surface area contributed by atoms with Crippen LogP contribution in [0.3, 0.4) is 0 Å². The number of nitrogens with two attached hydrogens (primary N) is 1. The molecule has 0 aliphatic carbocycles. The quantitative estimate of drug-likeness (QED) is 0.796. The molecule has 0 saturated carbocycles. The highest BCUT2D eigenvalue weighted by Gasteiger charge is 2.10. The van der Waals surface area contributed by atoms with Gasteiger partial charge in [-0.2, -0.15) is 0 Å². The van der Waals surface area contributed by atoms with Crippen molar-refractivity contribution in [1.29, 1.82) is 0 Å². The Kier molecular flexibility index (Phi) is 5.70. The molecule has 2 aromatic carbocycles. The first-order chi connectivity index (χ1) is 11.0. The Morgan fingerprint density at radius 2 is 1.83 bits per heavy atom. The number of rotatable bonds is 6. The topological polar surface area (TPSA) is 72.2 Å². The summed E-state index contributed by atoms with van der Waals surface area (Å²) in [4.78, 5) is 23.7. The fourth-order valence-corrected chi connectivity index (χ4v) is 2.72. The van der Waals surface area contributed by atoms with E-state index < -0.39 is 17.5 Å². The number of para-hydroxylation sites is 1. The predicted octanol–water partition coefficient (Wildman–Crippen LogP) is 3.18. The van der Waals surface area contributed by atoms with Crippen molar-refractivity contribution in [3.05, 3.63) is 59.7 Å². The molecule has 2 rings (SSSR count). The molecule has 0 unspecified atom stereocenters. The molecule has 0 aliphatic heterocycles. The van der Waals surface area contributed by atoms with Gasteiger partial charge in [0.15, 0.2) is 11.6 Å². The Morgan fingerprint density at radius 3 is 2.52 bits per heavy atom. The second-order valence-corrected chi connectivity index (χ2v) is 5.80. The van der Waals surface area contributed by atoms with Gasteiger partial charge in [-0.3, -0.25) is 9.59 Å². The lowest BCUT2D eigenvalue weighted by atomic mass is 10.1. The van der Waals surface area contributed by atoms with Crippen LogP contribution >= 0.6 is 11.8 Å². The van der Waals surface area contributed by atoms with Crippen LogP contribution in [-0.4, -0.2) is 17.6 Å². The highest BCUT2D eigenvalue weighted by atomic mass is 32.2. The van der Waals surface area contributed by atoms with Gasteiger partial charge < -0.3 is 11.1 Å². The minimum absolute atomic E-state index is 0.150. The van der Waals surface area contributed by atoms with Crippen LogP contribution in [-0.2, 0) is 4.79 Å². The van der Waals surface area contributed by atoms with E-state index in [1.54, 1.807) is 18.2 Å². The van der Waals surface area contributed by atoms with Gasteiger partial charge in [-0.1, -0.05) is 12.1 Å². The predicted molar refractivity (Wildman–Crippen MR) is 85.3 cm³/mol. The molecule has 7 heteroatoms. The maximum Gasteiger partial charge on any atom is 0.250 e. The zero-order valence-electron chi connectivity index (χ0n) is 12.0. The molecule has 23 heavy (non-hydrogen) atoms. The van der Waals surface area contributed by atoms with Crippen LogP contribution in [0.5, 0.6) is 0 Å². The molecule has 0 bridgehead atoms. The van der Waals surface area contributed by atoms with Gasteiger partial charge in [-0.25, -0.2) is 8.78 Å². The summed E-state index contributed by atoms with van der Waals surface area (Å²) in [5.41, 5.74) is 5.81. The van der Waals surface area contributed by atoms with Gasteiger partial charge in [-0.15, -0.1) is 11.8 Å². The van der Waals surface area contributed by atoms with E-state index in [1.165, 1.54) is 23.9 Å². The smallest absolute Gasteiger partial charge is 0.250 e. The molecule has 2 amide bonds. The van der Waals surface area contributed by atoms with Crippen LogP contribution in [0, 0.1) is 11.6 Å². The number of hydrogen-bond donors (Lipinski definition) is 2. The van der Waals surface area contributed by atoms with Crippen molar-refractivity contribution in [2.75, 3.05) is 11.1 Å². The highest BCUT2D eigenvalue weighted by Crippen LogP contribution is 2.21. The number of benzene rings is 2. The third-order valence-corrected chi connectivity index (χ3v) is 3.95. The Balaban J connectivity index is 1.88. The third kappa shape index (κ3) is 4.79. The van der Waals surface area contributed by atoms with Crippen LogP contribution in [0.1, 0.15) is 16.8 Å². The van der Waals surface area contributed by atoms with Gasteiger partial charge in [0.25, 0.3) is 5.91 Å². The summed E-state index contributed by atoms with van der Waals surface area (Å²) in [5.74, 6) is -2.37. The summed E-state index contributed by atoms with van der Waals surface area (Å²) in [6, 6.07) is 10.0. The van der Waals surface area contributed by atoms with Gasteiger partial charge in [0, 0.05) is 17.1 Å². The highest BCUT2D eigenvalue weighted by molar-refractivity contribution is 7.99. The van der Waals surface area contributed by atoms with E-state index in [0.29, 0.717) is 16.3 Å². The number of hydrogen-bond acceptors (Lipinski definition) is 3. The van der Waals surface area contributed by atoms with Crippen molar-refractivity contribution >= 4 is 29.3 Å². The first kappa shape index (κ1) is 17.0. The van der Waals surface area contributed by atoms with E-state index in [0.717, 1.165) is 12.1 Å². The second-order valence-electron chi connectivity index (χ2n) is 4.63. The SMILES string of the molecule is NC(=O)c1ccccc1NC(=O)CCSc1ccc(F)c(F)c1. The van der Waals surface area contributed by atoms with Crippen molar-refractivity contribution in [1.82, 2.24) is 0 Å². The summed E-state index contributed by atoms with van der Waals surface area (Å²) in [7, 11) is 0. The Morgan fingerprint density at radius 1 is 1.09 bits per heavy atom. The Hall–Kier alpha value is -2.41. The van der Waals surface area contributed by atoms with Gasteiger partial charge in [-0.05, 0) is 30.3 Å². The molecule has 0 atom stereocenters. The van der Waals surface area contributed by atoms with E-state index in [1.807, 2.05) is 0 Å². The van der Waals surface area contributed by atoms with Gasteiger partial charge in [0.2, 0.25) is 5.91 Å². The minimum Gasteiger partial charge on any atom is -0.366 e. The molecule has 3 N–H and O–H groups in total. The first-order valence-corrected chi connectivity index (χ1v) is 7.72.